The third-order valence-electron chi connectivity index (χ3n) is 11.1. The van der Waals surface area contributed by atoms with Crippen molar-refractivity contribution in [2.75, 3.05) is 13.2 Å². The third kappa shape index (κ3) is 13.1. The highest BCUT2D eigenvalue weighted by atomic mass is 16.7. The highest BCUT2D eigenvalue weighted by molar-refractivity contribution is 5.76. The van der Waals surface area contributed by atoms with Gasteiger partial charge in [0.1, 0.15) is 60.3 Å². The monoisotopic (exact) mass is 892 g/mol. The van der Waals surface area contributed by atoms with E-state index < -0.39 is 86.6 Å². The maximum Gasteiger partial charge on any atom is 0.307 e. The van der Waals surface area contributed by atoms with Crippen LogP contribution < -0.4 is 9.47 Å². The highest BCUT2D eigenvalue weighted by Gasteiger charge is 2.46. The zero-order valence-electron chi connectivity index (χ0n) is 35.8. The second-order valence-corrected chi connectivity index (χ2v) is 16.0. The largest absolute Gasteiger partial charge is 0.481 e. The smallest absolute Gasteiger partial charge is 0.307 e. The predicted octanol–water partition coefficient (Wildman–Crippen LogP) is 3.00. The minimum atomic E-state index is -1.54. The first-order valence-corrected chi connectivity index (χ1v) is 21.5. The molecule has 0 amide bonds. The van der Waals surface area contributed by atoms with Crippen LogP contribution in [-0.4, -0.2) is 138 Å². The van der Waals surface area contributed by atoms with E-state index in [1.165, 1.54) is 0 Å². The van der Waals surface area contributed by atoms with Crippen LogP contribution >= 0.6 is 0 Å². The van der Waals surface area contributed by atoms with Crippen molar-refractivity contribution in [1.82, 2.24) is 0 Å². The van der Waals surface area contributed by atoms with Gasteiger partial charge in [0.15, 0.2) is 0 Å². The minimum absolute atomic E-state index is 0.119. The normalized spacial score (nSPS) is 25.5. The number of hydrogen-bond acceptors (Lipinski definition) is 14. The average Bonchev–Trinajstić information content (AvgIpc) is 3.28. The van der Waals surface area contributed by atoms with Crippen LogP contribution in [0.1, 0.15) is 61.8 Å². The fourth-order valence-corrected chi connectivity index (χ4v) is 7.51. The highest BCUT2D eigenvalue weighted by Crippen LogP contribution is 2.37. The Balaban J connectivity index is 0.000000241. The summed E-state index contributed by atoms with van der Waals surface area (Å²) >= 11 is 0. The van der Waals surface area contributed by atoms with Gasteiger partial charge >= 0.3 is 11.9 Å². The van der Waals surface area contributed by atoms with Crippen LogP contribution in [0, 0.1) is 0 Å². The Bertz CT molecular complexity index is 1970. The molecule has 10 atom stereocenters. The number of unbranched alkanes of at least 4 members (excludes halogenated alkanes) is 2. The van der Waals surface area contributed by atoms with Crippen LogP contribution in [0.4, 0.5) is 0 Å². The van der Waals surface area contributed by atoms with Crippen molar-refractivity contribution in [3.05, 3.63) is 107 Å². The minimum Gasteiger partial charge on any atom is -0.481 e. The zero-order valence-corrected chi connectivity index (χ0v) is 35.8. The molecule has 0 aromatic heterocycles. The number of aryl methyl sites for hydroxylation is 2. The molecule has 16 nitrogen and oxygen atoms in total. The van der Waals surface area contributed by atoms with Gasteiger partial charge in [0.2, 0.25) is 12.6 Å². The molecule has 64 heavy (non-hydrogen) atoms. The van der Waals surface area contributed by atoms with Crippen molar-refractivity contribution in [2.24, 2.45) is 0 Å². The van der Waals surface area contributed by atoms with Crippen molar-refractivity contribution in [1.29, 1.82) is 0 Å². The second kappa shape index (κ2) is 23.8. The molecule has 4 aromatic rings. The molecular weight excluding hydrogens is 833 g/mol. The Morgan fingerprint density at radius 1 is 0.516 bits per heavy atom. The molecule has 2 aliphatic rings. The molecule has 0 spiro atoms. The number of carboxylic acids is 2. The van der Waals surface area contributed by atoms with Crippen molar-refractivity contribution in [2.45, 2.75) is 127 Å². The van der Waals surface area contributed by atoms with Crippen LogP contribution in [0.5, 0.6) is 11.5 Å². The number of carbonyl (C=O) groups is 2. The molecule has 2 saturated heterocycles. The fraction of sp³-hybridized carbons (Fsp3) is 0.458. The van der Waals surface area contributed by atoms with E-state index in [1.54, 1.807) is 48.5 Å². The molecule has 348 valence electrons. The Hall–Kier alpha value is -4.98. The summed E-state index contributed by atoms with van der Waals surface area (Å²) in [7, 11) is 0. The van der Waals surface area contributed by atoms with Crippen molar-refractivity contribution in [3.63, 3.8) is 0 Å². The van der Waals surface area contributed by atoms with Gasteiger partial charge in [-0.05, 0) is 83.3 Å². The third-order valence-corrected chi connectivity index (χ3v) is 11.1. The van der Waals surface area contributed by atoms with Gasteiger partial charge in [0, 0.05) is 11.1 Å². The van der Waals surface area contributed by atoms with E-state index in [4.69, 9.17) is 29.2 Å². The molecule has 10 N–H and O–H groups in total. The lowest BCUT2D eigenvalue weighted by atomic mass is 9.97. The molecule has 0 bridgehead atoms. The van der Waals surface area contributed by atoms with Crippen LogP contribution in [0.3, 0.4) is 0 Å². The van der Waals surface area contributed by atoms with Gasteiger partial charge in [0.05, 0.1) is 26.1 Å². The summed E-state index contributed by atoms with van der Waals surface area (Å²) in [6.45, 7) is 3.11. The van der Waals surface area contributed by atoms with Gasteiger partial charge in [-0.2, -0.15) is 0 Å². The van der Waals surface area contributed by atoms with E-state index in [1.807, 2.05) is 36.4 Å². The molecule has 0 aliphatic carbocycles. The van der Waals surface area contributed by atoms with Gasteiger partial charge in [-0.25, -0.2) is 0 Å². The van der Waals surface area contributed by atoms with Crippen molar-refractivity contribution >= 4 is 11.9 Å². The summed E-state index contributed by atoms with van der Waals surface area (Å²) in [6.07, 6.45) is -8.31. The number of hydrogen-bond donors (Lipinski definition) is 10. The van der Waals surface area contributed by atoms with Crippen LogP contribution in [-0.2, 0) is 44.7 Å². The number of aliphatic hydroxyl groups is 8. The van der Waals surface area contributed by atoms with E-state index in [0.717, 1.165) is 60.8 Å². The molecule has 0 saturated carbocycles. The number of benzene rings is 4. The molecule has 0 unspecified atom stereocenters. The van der Waals surface area contributed by atoms with Gasteiger partial charge < -0.3 is 70.0 Å². The number of carboxylic acid groups (broad SMARTS) is 2. The summed E-state index contributed by atoms with van der Waals surface area (Å²) in [6, 6.07) is 25.4. The lowest BCUT2D eigenvalue weighted by Crippen LogP contribution is -2.60. The standard InChI is InChI=1S/2C24H30O8/c2*1-2-3-5-14-8-9-18(31-24-23(30)22(29)21(28)19(13-25)32-24)17(11-14)16-7-4-6-15(10-16)12-20(26)27/h2*4,6-11,19,21-25,28-30H,2-3,5,12-13H2,1H3,(H,26,27)/t2*19-,21-,22+,23+,24+/m11/s1. The zero-order chi connectivity index (χ0) is 46.5. The fourth-order valence-electron chi connectivity index (χ4n) is 7.51. The van der Waals surface area contributed by atoms with Crippen LogP contribution in [0.2, 0.25) is 0 Å². The van der Waals surface area contributed by atoms with Gasteiger partial charge in [-0.1, -0.05) is 87.4 Å². The van der Waals surface area contributed by atoms with Gasteiger partial charge in [-0.3, -0.25) is 9.59 Å². The summed E-state index contributed by atoms with van der Waals surface area (Å²) in [5.41, 5.74) is 6.26. The molecule has 6 rings (SSSR count). The lowest BCUT2D eigenvalue weighted by molar-refractivity contribution is -0.277. The SMILES string of the molecule is CCCCc1ccc(O[C@H]2O[C@H](CO)[C@@H](O)[C@H](O)[C@@H]2O)c(-c2cccc(CC(=O)O)c2)c1.CCCCc1ccc(O[C@H]2O[C@H](CO)[C@@H](O)[C@H](O)[C@@H]2O)c(-c2cccc(CC(=O)O)c2)c1. The quantitative estimate of drug-likeness (QED) is 0.0688. The molecule has 16 heteroatoms. The Morgan fingerprint density at radius 2 is 0.906 bits per heavy atom. The average molecular weight is 893 g/mol. The van der Waals surface area contributed by atoms with Crippen molar-refractivity contribution < 1.29 is 79.6 Å². The number of aliphatic hydroxyl groups excluding tert-OH is 8. The van der Waals surface area contributed by atoms with E-state index >= 15 is 0 Å². The van der Waals surface area contributed by atoms with Gasteiger partial charge in [-0.15, -0.1) is 0 Å². The van der Waals surface area contributed by atoms with E-state index in [0.29, 0.717) is 33.8 Å². The molecule has 2 heterocycles. The molecule has 2 aliphatic heterocycles. The van der Waals surface area contributed by atoms with Crippen LogP contribution in [0.15, 0.2) is 84.9 Å². The summed E-state index contributed by atoms with van der Waals surface area (Å²) in [5.74, 6) is -1.14. The molecule has 4 aromatic carbocycles. The first-order chi connectivity index (χ1) is 30.7. The second-order valence-electron chi connectivity index (χ2n) is 16.0. The van der Waals surface area contributed by atoms with E-state index in [-0.39, 0.29) is 12.8 Å². The van der Waals surface area contributed by atoms with Crippen molar-refractivity contribution in [3.8, 4) is 33.8 Å². The summed E-state index contributed by atoms with van der Waals surface area (Å²) < 4.78 is 22.8. The van der Waals surface area contributed by atoms with E-state index in [2.05, 4.69) is 13.8 Å². The maximum absolute atomic E-state index is 11.1. The Kier molecular flexibility index (Phi) is 18.6. The Labute approximate surface area is 371 Å². The summed E-state index contributed by atoms with van der Waals surface area (Å²) in [5, 5.41) is 97.9. The number of aliphatic carboxylic acids is 2. The Morgan fingerprint density at radius 3 is 1.25 bits per heavy atom. The number of ether oxygens (including phenoxy) is 4. The molecule has 2 fully saturated rings. The first-order valence-electron chi connectivity index (χ1n) is 21.5. The van der Waals surface area contributed by atoms with Gasteiger partial charge in [0.25, 0.3) is 0 Å². The molecular formula is C48H60O16. The molecule has 0 radical (unpaired) electrons. The first kappa shape index (κ1) is 50.0. The predicted molar refractivity (Wildman–Crippen MR) is 232 cm³/mol. The maximum atomic E-state index is 11.1. The van der Waals surface area contributed by atoms with E-state index in [9.17, 15) is 50.4 Å². The topological polar surface area (TPSA) is 273 Å². The lowest BCUT2D eigenvalue weighted by Gasteiger charge is -2.39. The number of rotatable bonds is 18. The van der Waals surface area contributed by atoms with Crippen LogP contribution in [0.25, 0.3) is 22.3 Å². The summed E-state index contributed by atoms with van der Waals surface area (Å²) in [4.78, 5) is 22.3.